The number of hydrogen-bond donors (Lipinski definition) is 1. The van der Waals surface area contributed by atoms with Gasteiger partial charge in [0.2, 0.25) is 0 Å². The lowest BCUT2D eigenvalue weighted by molar-refractivity contribution is 0.617. The van der Waals surface area contributed by atoms with Gasteiger partial charge >= 0.3 is 0 Å². The van der Waals surface area contributed by atoms with Crippen LogP contribution in [-0.4, -0.2) is 17.6 Å². The predicted octanol–water partition coefficient (Wildman–Crippen LogP) is 3.24. The Morgan fingerprint density at radius 1 is 1.60 bits per heavy atom. The van der Waals surface area contributed by atoms with Gasteiger partial charge in [-0.1, -0.05) is 26.3 Å². The van der Waals surface area contributed by atoms with Gasteiger partial charge in [-0.15, -0.1) is 11.3 Å². The van der Waals surface area contributed by atoms with Crippen LogP contribution in [0.1, 0.15) is 37.1 Å². The van der Waals surface area contributed by atoms with Gasteiger partial charge in [0.1, 0.15) is 0 Å². The molecule has 1 aromatic heterocycles. The summed E-state index contributed by atoms with van der Waals surface area (Å²) in [6.45, 7) is 9.56. The van der Waals surface area contributed by atoms with Gasteiger partial charge in [-0.3, -0.25) is 0 Å². The Kier molecular flexibility index (Phi) is 4.99. The molecule has 1 rings (SSSR count). The third kappa shape index (κ3) is 4.58. The minimum Gasteiger partial charge on any atom is -0.311 e. The second kappa shape index (κ2) is 6.03. The molecule has 0 aliphatic rings. The number of nitrogens with one attached hydrogen (secondary N) is 1. The average molecular weight is 224 g/mol. The molecular formula is C12H20N2S. The van der Waals surface area contributed by atoms with Crippen molar-refractivity contribution in [2.75, 3.05) is 6.54 Å². The fourth-order valence-electron chi connectivity index (χ4n) is 1.26. The van der Waals surface area contributed by atoms with E-state index in [1.54, 1.807) is 11.3 Å². The lowest BCUT2D eigenvalue weighted by atomic mass is 10.2. The van der Waals surface area contributed by atoms with E-state index in [0.717, 1.165) is 18.0 Å². The maximum Gasteiger partial charge on any atom is 0.0900 e. The molecule has 0 aliphatic heterocycles. The molecule has 84 valence electrons. The molecule has 0 atom stereocenters. The zero-order chi connectivity index (χ0) is 11.3. The van der Waals surface area contributed by atoms with Crippen molar-refractivity contribution < 1.29 is 0 Å². The first-order valence-corrected chi connectivity index (χ1v) is 6.28. The molecule has 2 nitrogen and oxygen atoms in total. The lowest BCUT2D eigenvalue weighted by Crippen LogP contribution is -2.24. The molecule has 0 fully saturated rings. The summed E-state index contributed by atoms with van der Waals surface area (Å²) in [5.41, 5.74) is 1.44. The van der Waals surface area contributed by atoms with Crippen molar-refractivity contribution in [2.45, 2.75) is 40.2 Å². The molecule has 0 saturated heterocycles. The smallest absolute Gasteiger partial charge is 0.0900 e. The van der Waals surface area contributed by atoms with E-state index in [2.05, 4.69) is 37.1 Å². The standard InChI is InChI=1S/C12H20N2S/c1-5-11(7-13-9(2)3)6-12-8-14-10(4)15-12/h6,8-9,13H,5,7H2,1-4H3. The number of nitrogens with zero attached hydrogens (tertiary/aromatic N) is 1. The zero-order valence-corrected chi connectivity index (χ0v) is 10.8. The molecule has 15 heavy (non-hydrogen) atoms. The summed E-state index contributed by atoms with van der Waals surface area (Å²) in [4.78, 5) is 5.51. The fourth-order valence-corrected chi connectivity index (χ4v) is 2.04. The monoisotopic (exact) mass is 224 g/mol. The highest BCUT2D eigenvalue weighted by molar-refractivity contribution is 7.12. The van der Waals surface area contributed by atoms with E-state index in [-0.39, 0.29) is 0 Å². The highest BCUT2D eigenvalue weighted by Crippen LogP contribution is 2.16. The summed E-state index contributed by atoms with van der Waals surface area (Å²) >= 11 is 1.75. The molecule has 0 bridgehead atoms. The molecule has 3 heteroatoms. The van der Waals surface area contributed by atoms with Crippen LogP contribution in [0.25, 0.3) is 6.08 Å². The fraction of sp³-hybridized carbons (Fsp3) is 0.583. The Labute approximate surface area is 96.4 Å². The van der Waals surface area contributed by atoms with E-state index in [9.17, 15) is 0 Å². The van der Waals surface area contributed by atoms with Crippen molar-refractivity contribution in [1.82, 2.24) is 10.3 Å². The van der Waals surface area contributed by atoms with Gasteiger partial charge in [0.25, 0.3) is 0 Å². The molecule has 0 radical (unpaired) electrons. The van der Waals surface area contributed by atoms with Crippen molar-refractivity contribution in [3.8, 4) is 0 Å². The zero-order valence-electron chi connectivity index (χ0n) is 10.0. The molecule has 0 spiro atoms. The van der Waals surface area contributed by atoms with E-state index in [1.165, 1.54) is 10.5 Å². The third-order valence-electron chi connectivity index (χ3n) is 2.18. The van der Waals surface area contributed by atoms with Crippen LogP contribution in [0.2, 0.25) is 0 Å². The first-order valence-electron chi connectivity index (χ1n) is 5.47. The summed E-state index contributed by atoms with van der Waals surface area (Å²) < 4.78 is 0. The lowest BCUT2D eigenvalue weighted by Gasteiger charge is -2.09. The van der Waals surface area contributed by atoms with E-state index in [4.69, 9.17) is 0 Å². The number of aryl methyl sites for hydroxylation is 1. The SMILES string of the molecule is CCC(=Cc1cnc(C)s1)CNC(C)C. The van der Waals surface area contributed by atoms with Gasteiger partial charge < -0.3 is 5.32 Å². The summed E-state index contributed by atoms with van der Waals surface area (Å²) in [5.74, 6) is 0. The summed E-state index contributed by atoms with van der Waals surface area (Å²) in [6, 6.07) is 0.545. The van der Waals surface area contributed by atoms with Crippen molar-refractivity contribution in [3.05, 3.63) is 21.7 Å². The number of aromatic nitrogens is 1. The Balaban J connectivity index is 2.61. The van der Waals surface area contributed by atoms with Crippen LogP contribution in [0.15, 0.2) is 11.8 Å². The first-order chi connectivity index (χ1) is 7.11. The molecule has 0 aliphatic carbocycles. The van der Waals surface area contributed by atoms with Gasteiger partial charge in [0.05, 0.1) is 5.01 Å². The Hall–Kier alpha value is -0.670. The van der Waals surface area contributed by atoms with E-state index in [1.807, 2.05) is 13.1 Å². The van der Waals surface area contributed by atoms with E-state index < -0.39 is 0 Å². The second-order valence-corrected chi connectivity index (χ2v) is 5.24. The molecular weight excluding hydrogens is 204 g/mol. The third-order valence-corrected chi connectivity index (χ3v) is 3.04. The highest BCUT2D eigenvalue weighted by atomic mass is 32.1. The molecule has 0 unspecified atom stereocenters. The Morgan fingerprint density at radius 3 is 2.80 bits per heavy atom. The molecule has 1 N–H and O–H groups in total. The average Bonchev–Trinajstić information content (AvgIpc) is 2.58. The summed E-state index contributed by atoms with van der Waals surface area (Å²) in [5, 5.41) is 4.57. The highest BCUT2D eigenvalue weighted by Gasteiger charge is 1.99. The predicted molar refractivity (Wildman–Crippen MR) is 68.3 cm³/mol. The van der Waals surface area contributed by atoms with Crippen molar-refractivity contribution in [2.24, 2.45) is 0 Å². The topological polar surface area (TPSA) is 24.9 Å². The van der Waals surface area contributed by atoms with Crippen LogP contribution in [0, 0.1) is 6.92 Å². The number of thiazole rings is 1. The van der Waals surface area contributed by atoms with Gasteiger partial charge in [-0.05, 0) is 19.4 Å². The van der Waals surface area contributed by atoms with Gasteiger partial charge in [0, 0.05) is 23.7 Å². The van der Waals surface area contributed by atoms with Gasteiger partial charge in [-0.25, -0.2) is 4.98 Å². The van der Waals surface area contributed by atoms with Crippen LogP contribution in [0.5, 0.6) is 0 Å². The van der Waals surface area contributed by atoms with Crippen molar-refractivity contribution >= 4 is 17.4 Å². The molecule has 0 amide bonds. The van der Waals surface area contributed by atoms with Crippen molar-refractivity contribution in [1.29, 1.82) is 0 Å². The van der Waals surface area contributed by atoms with Crippen LogP contribution in [-0.2, 0) is 0 Å². The largest absolute Gasteiger partial charge is 0.311 e. The summed E-state index contributed by atoms with van der Waals surface area (Å²) in [7, 11) is 0. The molecule has 1 heterocycles. The van der Waals surface area contributed by atoms with Crippen molar-refractivity contribution in [3.63, 3.8) is 0 Å². The number of hydrogen-bond acceptors (Lipinski definition) is 3. The molecule has 1 aromatic rings. The second-order valence-electron chi connectivity index (χ2n) is 3.97. The van der Waals surface area contributed by atoms with Crippen LogP contribution in [0.3, 0.4) is 0 Å². The van der Waals surface area contributed by atoms with E-state index in [0.29, 0.717) is 6.04 Å². The van der Waals surface area contributed by atoms with Gasteiger partial charge in [-0.2, -0.15) is 0 Å². The molecule has 0 saturated carbocycles. The first kappa shape index (κ1) is 12.4. The minimum atomic E-state index is 0.545. The Bertz CT molecular complexity index is 326. The minimum absolute atomic E-state index is 0.545. The van der Waals surface area contributed by atoms with Crippen LogP contribution < -0.4 is 5.32 Å². The van der Waals surface area contributed by atoms with Gasteiger partial charge in [0.15, 0.2) is 0 Å². The maximum absolute atomic E-state index is 4.25. The van der Waals surface area contributed by atoms with Crippen LogP contribution >= 0.6 is 11.3 Å². The normalized spacial score (nSPS) is 12.5. The van der Waals surface area contributed by atoms with E-state index >= 15 is 0 Å². The molecule has 0 aromatic carbocycles. The maximum atomic E-state index is 4.25. The quantitative estimate of drug-likeness (QED) is 0.830. The van der Waals surface area contributed by atoms with Crippen LogP contribution in [0.4, 0.5) is 0 Å². The number of rotatable bonds is 5. The Morgan fingerprint density at radius 2 is 2.33 bits per heavy atom. The summed E-state index contributed by atoms with van der Waals surface area (Å²) in [6.07, 6.45) is 5.29.